The van der Waals surface area contributed by atoms with Crippen molar-refractivity contribution in [1.29, 1.82) is 0 Å². The second kappa shape index (κ2) is 6.54. The van der Waals surface area contributed by atoms with Crippen LogP contribution in [-0.4, -0.2) is 59.0 Å². The fourth-order valence-electron chi connectivity index (χ4n) is 5.58. The van der Waals surface area contributed by atoms with Gasteiger partial charge in [-0.05, 0) is 49.3 Å². The summed E-state index contributed by atoms with van der Waals surface area (Å²) < 4.78 is 7.30. The number of rotatable bonds is 2. The molecular weight excluding hydrogens is 354 g/mol. The van der Waals surface area contributed by atoms with Crippen LogP contribution in [0.15, 0.2) is 24.3 Å². The van der Waals surface area contributed by atoms with E-state index in [4.69, 9.17) is 4.74 Å². The van der Waals surface area contributed by atoms with Crippen molar-refractivity contribution in [2.75, 3.05) is 26.7 Å². The van der Waals surface area contributed by atoms with E-state index in [1.807, 2.05) is 40.8 Å². The zero-order valence-electron chi connectivity index (χ0n) is 16.6. The van der Waals surface area contributed by atoms with Crippen LogP contribution >= 0.6 is 0 Å². The summed E-state index contributed by atoms with van der Waals surface area (Å²) in [4.78, 5) is 29.9. The number of benzene rings is 1. The standard InChI is InChI=1S/C22H27N3O3/c1-23-19-10-17(28-2)7-6-15(19)9-20(23)22(27)24-11-14-8-16(13-24)18-4-3-5-21(26)25(18)12-14/h6-7,9-10,14,16,18H,3-5,8,11-13H2,1-2H3. The molecule has 3 unspecified atom stereocenters. The molecule has 28 heavy (non-hydrogen) atoms. The number of methoxy groups -OCH3 is 1. The largest absolute Gasteiger partial charge is 0.497 e. The van der Waals surface area contributed by atoms with Crippen LogP contribution in [0.3, 0.4) is 0 Å². The van der Waals surface area contributed by atoms with Gasteiger partial charge in [0.25, 0.3) is 5.91 Å². The summed E-state index contributed by atoms with van der Waals surface area (Å²) in [6.07, 6.45) is 3.90. The Morgan fingerprint density at radius 1 is 1.18 bits per heavy atom. The number of carbonyl (C=O) groups is 2. The maximum atomic E-state index is 13.4. The van der Waals surface area contributed by atoms with Gasteiger partial charge in [-0.25, -0.2) is 0 Å². The molecule has 0 spiro atoms. The van der Waals surface area contributed by atoms with Crippen LogP contribution in [0.25, 0.3) is 10.9 Å². The maximum absolute atomic E-state index is 13.4. The zero-order valence-corrected chi connectivity index (χ0v) is 16.6. The minimum atomic E-state index is 0.1000. The second-order valence-corrected chi connectivity index (χ2v) is 8.59. The van der Waals surface area contributed by atoms with Crippen molar-refractivity contribution in [3.05, 3.63) is 30.0 Å². The Morgan fingerprint density at radius 3 is 2.86 bits per heavy atom. The topological polar surface area (TPSA) is 54.8 Å². The second-order valence-electron chi connectivity index (χ2n) is 8.59. The summed E-state index contributed by atoms with van der Waals surface area (Å²) in [5.41, 5.74) is 1.73. The van der Waals surface area contributed by atoms with Gasteiger partial charge in [-0.2, -0.15) is 0 Å². The van der Waals surface area contributed by atoms with E-state index in [-0.39, 0.29) is 5.91 Å². The van der Waals surface area contributed by atoms with E-state index in [9.17, 15) is 9.59 Å². The number of ether oxygens (including phenoxy) is 1. The van der Waals surface area contributed by atoms with E-state index in [0.29, 0.717) is 30.2 Å². The van der Waals surface area contributed by atoms with Gasteiger partial charge < -0.3 is 19.1 Å². The molecule has 2 bridgehead atoms. The molecule has 1 aromatic carbocycles. The lowest BCUT2D eigenvalue weighted by Gasteiger charge is -2.52. The number of amides is 2. The first-order chi connectivity index (χ1) is 13.5. The van der Waals surface area contributed by atoms with Crippen LogP contribution in [-0.2, 0) is 11.8 Å². The van der Waals surface area contributed by atoms with Gasteiger partial charge in [0, 0.05) is 50.6 Å². The fourth-order valence-corrected chi connectivity index (χ4v) is 5.58. The summed E-state index contributed by atoms with van der Waals surface area (Å²) in [6, 6.07) is 8.21. The van der Waals surface area contributed by atoms with E-state index < -0.39 is 0 Å². The van der Waals surface area contributed by atoms with E-state index in [2.05, 4.69) is 4.90 Å². The van der Waals surface area contributed by atoms with Crippen LogP contribution in [0, 0.1) is 11.8 Å². The minimum Gasteiger partial charge on any atom is -0.497 e. The Balaban J connectivity index is 1.41. The summed E-state index contributed by atoms with van der Waals surface area (Å²) in [6.45, 7) is 2.32. The number of aryl methyl sites for hydroxylation is 1. The predicted octanol–water partition coefficient (Wildman–Crippen LogP) is 2.66. The Hall–Kier alpha value is -2.50. The monoisotopic (exact) mass is 381 g/mol. The molecule has 0 radical (unpaired) electrons. The highest BCUT2D eigenvalue weighted by atomic mass is 16.5. The maximum Gasteiger partial charge on any atom is 0.270 e. The molecule has 0 aliphatic carbocycles. The molecule has 2 amide bonds. The average molecular weight is 381 g/mol. The van der Waals surface area contributed by atoms with E-state index in [1.54, 1.807) is 7.11 Å². The highest BCUT2D eigenvalue weighted by molar-refractivity contribution is 5.99. The lowest BCUT2D eigenvalue weighted by molar-refractivity contribution is -0.144. The predicted molar refractivity (Wildman–Crippen MR) is 106 cm³/mol. The molecule has 3 aliphatic heterocycles. The van der Waals surface area contributed by atoms with Gasteiger partial charge in [-0.3, -0.25) is 9.59 Å². The molecule has 5 rings (SSSR count). The van der Waals surface area contributed by atoms with Crippen LogP contribution in [0.2, 0.25) is 0 Å². The molecule has 3 aliphatic rings. The summed E-state index contributed by atoms with van der Waals surface area (Å²) in [7, 11) is 3.60. The molecule has 3 atom stereocenters. The molecule has 6 nitrogen and oxygen atoms in total. The highest BCUT2D eigenvalue weighted by Gasteiger charge is 2.45. The average Bonchev–Trinajstić information content (AvgIpc) is 3.04. The van der Waals surface area contributed by atoms with Crippen LogP contribution in [0.5, 0.6) is 5.75 Å². The smallest absolute Gasteiger partial charge is 0.270 e. The minimum absolute atomic E-state index is 0.1000. The molecule has 0 N–H and O–H groups in total. The van der Waals surface area contributed by atoms with Crippen molar-refractivity contribution in [3.8, 4) is 5.75 Å². The summed E-state index contributed by atoms with van der Waals surface area (Å²) in [5, 5.41) is 1.05. The summed E-state index contributed by atoms with van der Waals surface area (Å²) >= 11 is 0. The third-order valence-corrected chi connectivity index (χ3v) is 6.94. The van der Waals surface area contributed by atoms with Gasteiger partial charge >= 0.3 is 0 Å². The van der Waals surface area contributed by atoms with Crippen molar-refractivity contribution in [3.63, 3.8) is 0 Å². The van der Waals surface area contributed by atoms with Crippen molar-refractivity contribution in [1.82, 2.24) is 14.4 Å². The van der Waals surface area contributed by atoms with E-state index >= 15 is 0 Å². The first kappa shape index (κ1) is 17.6. The lowest BCUT2D eigenvalue weighted by Crippen LogP contribution is -2.61. The van der Waals surface area contributed by atoms with Crippen molar-refractivity contribution in [2.45, 2.75) is 31.7 Å². The van der Waals surface area contributed by atoms with Gasteiger partial charge in [-0.1, -0.05) is 0 Å². The number of hydrogen-bond donors (Lipinski definition) is 0. The number of piperidine rings is 3. The van der Waals surface area contributed by atoms with Crippen LogP contribution < -0.4 is 4.74 Å². The molecule has 1 aromatic heterocycles. The Labute approximate surface area is 165 Å². The Morgan fingerprint density at radius 2 is 2.04 bits per heavy atom. The third kappa shape index (κ3) is 2.69. The van der Waals surface area contributed by atoms with Crippen LogP contribution in [0.1, 0.15) is 36.2 Å². The van der Waals surface area contributed by atoms with Crippen molar-refractivity contribution >= 4 is 22.7 Å². The van der Waals surface area contributed by atoms with Crippen LogP contribution in [0.4, 0.5) is 0 Å². The molecule has 3 saturated heterocycles. The quantitative estimate of drug-likeness (QED) is 0.804. The normalized spacial score (nSPS) is 27.1. The molecule has 6 heteroatoms. The third-order valence-electron chi connectivity index (χ3n) is 6.94. The summed E-state index contributed by atoms with van der Waals surface area (Å²) in [5.74, 6) is 2.02. The Kier molecular flexibility index (Phi) is 4.11. The van der Waals surface area contributed by atoms with Gasteiger partial charge in [-0.15, -0.1) is 0 Å². The molecule has 3 fully saturated rings. The molecular formula is C22H27N3O3. The molecule has 148 valence electrons. The van der Waals surface area contributed by atoms with Gasteiger partial charge in [0.15, 0.2) is 0 Å². The van der Waals surface area contributed by atoms with Crippen molar-refractivity contribution in [2.24, 2.45) is 18.9 Å². The Bertz CT molecular complexity index is 950. The SMILES string of the molecule is COc1ccc2cc(C(=O)N3CC4CC(C3)C3CCCC(=O)N3C4)n(C)c2c1. The van der Waals surface area contributed by atoms with Gasteiger partial charge in [0.2, 0.25) is 5.91 Å². The highest BCUT2D eigenvalue weighted by Crippen LogP contribution is 2.38. The van der Waals surface area contributed by atoms with E-state index in [0.717, 1.165) is 61.2 Å². The van der Waals surface area contributed by atoms with Gasteiger partial charge in [0.05, 0.1) is 12.6 Å². The van der Waals surface area contributed by atoms with Crippen molar-refractivity contribution < 1.29 is 14.3 Å². The molecule has 0 saturated carbocycles. The fraction of sp³-hybridized carbons (Fsp3) is 0.545. The number of carbonyl (C=O) groups excluding carboxylic acids is 2. The number of hydrogen-bond acceptors (Lipinski definition) is 3. The number of fused-ring (bicyclic) bond motifs is 5. The molecule has 2 aromatic rings. The first-order valence-corrected chi connectivity index (χ1v) is 10.3. The number of aromatic nitrogens is 1. The molecule has 4 heterocycles. The number of nitrogens with zero attached hydrogens (tertiary/aromatic N) is 3. The van der Waals surface area contributed by atoms with Gasteiger partial charge in [0.1, 0.15) is 11.4 Å². The number of likely N-dealkylation sites (tertiary alicyclic amines) is 1. The first-order valence-electron chi connectivity index (χ1n) is 10.3. The lowest BCUT2D eigenvalue weighted by atomic mass is 9.76. The zero-order chi connectivity index (χ0) is 19.4. The van der Waals surface area contributed by atoms with E-state index in [1.165, 1.54) is 0 Å².